The van der Waals surface area contributed by atoms with Crippen LogP contribution in [0.2, 0.25) is 0 Å². The molecule has 0 atom stereocenters. The first kappa shape index (κ1) is 18.8. The average Bonchev–Trinajstić information content (AvgIpc) is 2.87. The van der Waals surface area contributed by atoms with Crippen LogP contribution in [0.3, 0.4) is 0 Å². The maximum absolute atomic E-state index is 6.14. The van der Waals surface area contributed by atoms with Crippen LogP contribution >= 0.6 is 0 Å². The normalized spacial score (nSPS) is 17.0. The van der Waals surface area contributed by atoms with Crippen LogP contribution in [0.25, 0.3) is 0 Å². The fourth-order valence-corrected chi connectivity index (χ4v) is 3.40. The second-order valence-electron chi connectivity index (χ2n) is 6.76. The lowest BCUT2D eigenvalue weighted by Crippen LogP contribution is -2.39. The molecular weight excluding hydrogens is 296 g/mol. The minimum Gasteiger partial charge on any atom is -0.370 e. The molecule has 1 saturated carbocycles. The number of rotatable bonds is 7. The van der Waals surface area contributed by atoms with Crippen LogP contribution in [-0.2, 0) is 13.1 Å². The van der Waals surface area contributed by atoms with Crippen LogP contribution in [0, 0.1) is 0 Å². The Hall–Kier alpha value is -1.55. The smallest absolute Gasteiger partial charge is 0.189 e. The number of guanidine groups is 1. The Bertz CT molecular complexity index is 500. The summed E-state index contributed by atoms with van der Waals surface area (Å²) in [5, 5.41) is 3.43. The molecule has 1 aliphatic rings. The third-order valence-electron chi connectivity index (χ3n) is 5.03. The quantitative estimate of drug-likeness (QED) is 0.456. The van der Waals surface area contributed by atoms with Crippen molar-refractivity contribution in [2.45, 2.75) is 71.5 Å². The highest BCUT2D eigenvalue weighted by Gasteiger charge is 2.12. The highest BCUT2D eigenvalue weighted by atomic mass is 15.1. The van der Waals surface area contributed by atoms with Crippen LogP contribution in [0.1, 0.15) is 63.5 Å². The van der Waals surface area contributed by atoms with Crippen molar-refractivity contribution in [1.29, 1.82) is 0 Å². The van der Waals surface area contributed by atoms with Gasteiger partial charge in [0.2, 0.25) is 0 Å². The van der Waals surface area contributed by atoms with Crippen molar-refractivity contribution >= 4 is 5.96 Å². The van der Waals surface area contributed by atoms with E-state index in [0.717, 1.165) is 19.6 Å². The fourth-order valence-electron chi connectivity index (χ4n) is 3.40. The minimum absolute atomic E-state index is 0.502. The minimum atomic E-state index is 0.502. The maximum atomic E-state index is 6.14. The molecule has 1 aromatic carbocycles. The Labute approximate surface area is 147 Å². The number of aliphatic imine (C=N–C) groups is 1. The van der Waals surface area contributed by atoms with E-state index in [9.17, 15) is 0 Å². The molecule has 0 unspecified atom stereocenters. The first-order valence-electron chi connectivity index (χ1n) is 9.58. The molecule has 4 nitrogen and oxygen atoms in total. The van der Waals surface area contributed by atoms with E-state index in [2.05, 4.69) is 53.3 Å². The first-order valence-corrected chi connectivity index (χ1v) is 9.58. The molecule has 0 heterocycles. The summed E-state index contributed by atoms with van der Waals surface area (Å²) in [6, 6.07) is 9.08. The molecule has 24 heavy (non-hydrogen) atoms. The zero-order valence-electron chi connectivity index (χ0n) is 15.4. The molecule has 0 radical (unpaired) electrons. The highest BCUT2D eigenvalue weighted by molar-refractivity contribution is 5.78. The van der Waals surface area contributed by atoms with Crippen molar-refractivity contribution in [2.75, 3.05) is 13.1 Å². The Morgan fingerprint density at radius 3 is 2.33 bits per heavy atom. The van der Waals surface area contributed by atoms with Crippen LogP contribution in [0.4, 0.5) is 0 Å². The molecule has 0 spiro atoms. The summed E-state index contributed by atoms with van der Waals surface area (Å²) >= 11 is 0. The van der Waals surface area contributed by atoms with Gasteiger partial charge >= 0.3 is 0 Å². The zero-order chi connectivity index (χ0) is 17.2. The van der Waals surface area contributed by atoms with Gasteiger partial charge in [0, 0.05) is 12.6 Å². The molecule has 0 bridgehead atoms. The Balaban J connectivity index is 1.94. The lowest BCUT2D eigenvalue weighted by Gasteiger charge is -2.20. The highest BCUT2D eigenvalue weighted by Crippen LogP contribution is 2.17. The topological polar surface area (TPSA) is 53.6 Å². The maximum Gasteiger partial charge on any atom is 0.189 e. The number of nitrogens with two attached hydrogens (primary N) is 1. The van der Waals surface area contributed by atoms with Crippen LogP contribution in [-0.4, -0.2) is 30.0 Å². The fraction of sp³-hybridized carbons (Fsp3) is 0.650. The number of hydrogen-bond donors (Lipinski definition) is 2. The van der Waals surface area contributed by atoms with E-state index in [-0.39, 0.29) is 0 Å². The van der Waals surface area contributed by atoms with Gasteiger partial charge in [-0.15, -0.1) is 0 Å². The Morgan fingerprint density at radius 1 is 1.08 bits per heavy atom. The Kier molecular flexibility index (Phi) is 8.10. The summed E-state index contributed by atoms with van der Waals surface area (Å²) in [7, 11) is 0. The van der Waals surface area contributed by atoms with Gasteiger partial charge in [0.15, 0.2) is 5.96 Å². The molecule has 1 aliphatic carbocycles. The summed E-state index contributed by atoms with van der Waals surface area (Å²) in [5.74, 6) is 0.597. The summed E-state index contributed by atoms with van der Waals surface area (Å²) < 4.78 is 0. The Morgan fingerprint density at radius 2 is 1.71 bits per heavy atom. The molecule has 2 rings (SSSR count). The molecule has 0 saturated heterocycles. The van der Waals surface area contributed by atoms with Crippen molar-refractivity contribution in [2.24, 2.45) is 10.7 Å². The van der Waals surface area contributed by atoms with Gasteiger partial charge in [0.1, 0.15) is 0 Å². The predicted molar refractivity (Wildman–Crippen MR) is 103 cm³/mol. The van der Waals surface area contributed by atoms with Crippen molar-refractivity contribution < 1.29 is 0 Å². The molecule has 1 aromatic rings. The van der Waals surface area contributed by atoms with Crippen molar-refractivity contribution in [1.82, 2.24) is 10.2 Å². The molecule has 3 N–H and O–H groups in total. The van der Waals surface area contributed by atoms with E-state index < -0.39 is 0 Å². The van der Waals surface area contributed by atoms with E-state index in [0.29, 0.717) is 18.5 Å². The third-order valence-corrected chi connectivity index (χ3v) is 5.03. The summed E-state index contributed by atoms with van der Waals surface area (Å²) in [4.78, 5) is 7.03. The van der Waals surface area contributed by atoms with E-state index in [1.165, 1.54) is 49.7 Å². The summed E-state index contributed by atoms with van der Waals surface area (Å²) in [5.41, 5.74) is 8.76. The van der Waals surface area contributed by atoms with Gasteiger partial charge in [-0.1, -0.05) is 63.8 Å². The predicted octanol–water partition coefficient (Wildman–Crippen LogP) is 3.66. The monoisotopic (exact) mass is 330 g/mol. The summed E-state index contributed by atoms with van der Waals surface area (Å²) in [6.07, 6.45) is 7.75. The molecule has 1 fully saturated rings. The zero-order valence-corrected chi connectivity index (χ0v) is 15.4. The lowest BCUT2D eigenvalue weighted by molar-refractivity contribution is 0.295. The van der Waals surface area contributed by atoms with E-state index in [1.807, 2.05) is 0 Å². The van der Waals surface area contributed by atoms with Gasteiger partial charge in [0.25, 0.3) is 0 Å². The van der Waals surface area contributed by atoms with Crippen LogP contribution in [0.5, 0.6) is 0 Å². The molecular formula is C20H34N4. The summed E-state index contributed by atoms with van der Waals surface area (Å²) in [6.45, 7) is 8.19. The molecule has 0 aliphatic heterocycles. The third kappa shape index (κ3) is 6.16. The molecule has 0 amide bonds. The number of nitrogens with one attached hydrogen (secondary N) is 1. The van der Waals surface area contributed by atoms with Gasteiger partial charge < -0.3 is 11.1 Å². The van der Waals surface area contributed by atoms with E-state index in [1.54, 1.807) is 0 Å². The van der Waals surface area contributed by atoms with Gasteiger partial charge in [-0.3, -0.25) is 4.90 Å². The van der Waals surface area contributed by atoms with Gasteiger partial charge in [-0.05, 0) is 37.1 Å². The van der Waals surface area contributed by atoms with Gasteiger partial charge in [-0.25, -0.2) is 4.99 Å². The molecule has 134 valence electrons. The lowest BCUT2D eigenvalue weighted by atomic mass is 10.1. The standard InChI is InChI=1S/C20H34N4/c1-3-24(4-2)16-18-12-10-9-11-17(18)15-22-20(21)23-19-13-7-5-6-8-14-19/h9-12,19H,3-8,13-16H2,1-2H3,(H3,21,22,23). The molecule has 0 aromatic heterocycles. The second kappa shape index (κ2) is 10.3. The number of nitrogens with zero attached hydrogens (tertiary/aromatic N) is 2. The van der Waals surface area contributed by atoms with Gasteiger partial charge in [0.05, 0.1) is 6.54 Å². The number of benzene rings is 1. The van der Waals surface area contributed by atoms with E-state index in [4.69, 9.17) is 5.73 Å². The average molecular weight is 331 g/mol. The van der Waals surface area contributed by atoms with Crippen molar-refractivity contribution in [3.05, 3.63) is 35.4 Å². The SMILES string of the molecule is CCN(CC)Cc1ccccc1CN=C(N)NC1CCCCCC1. The number of hydrogen-bond acceptors (Lipinski definition) is 2. The largest absolute Gasteiger partial charge is 0.370 e. The van der Waals surface area contributed by atoms with Crippen LogP contribution < -0.4 is 11.1 Å². The molecule has 4 heteroatoms. The second-order valence-corrected chi connectivity index (χ2v) is 6.76. The van der Waals surface area contributed by atoms with Gasteiger partial charge in [-0.2, -0.15) is 0 Å². The van der Waals surface area contributed by atoms with Crippen molar-refractivity contribution in [3.63, 3.8) is 0 Å². The first-order chi connectivity index (χ1) is 11.7. The van der Waals surface area contributed by atoms with Crippen LogP contribution in [0.15, 0.2) is 29.3 Å². The van der Waals surface area contributed by atoms with E-state index >= 15 is 0 Å². The van der Waals surface area contributed by atoms with Crippen molar-refractivity contribution in [3.8, 4) is 0 Å².